The van der Waals surface area contributed by atoms with Crippen LogP contribution in [-0.2, 0) is 0 Å². The van der Waals surface area contributed by atoms with Gasteiger partial charge in [-0.05, 0) is 18.9 Å². The van der Waals surface area contributed by atoms with Gasteiger partial charge in [-0.3, -0.25) is 0 Å². The summed E-state index contributed by atoms with van der Waals surface area (Å²) in [5, 5.41) is 8.78. The summed E-state index contributed by atoms with van der Waals surface area (Å²) in [6.45, 7) is 1.06. The van der Waals surface area contributed by atoms with E-state index in [1.165, 1.54) is 12.3 Å². The van der Waals surface area contributed by atoms with E-state index >= 15 is 0 Å². The largest absolute Gasteiger partial charge is 0.477 e. The van der Waals surface area contributed by atoms with Gasteiger partial charge in [0.25, 0.3) is 0 Å². The minimum Gasteiger partial charge on any atom is -0.477 e. The number of carboxylic acid groups (broad SMARTS) is 1. The lowest BCUT2D eigenvalue weighted by Gasteiger charge is -2.28. The number of aromatic carboxylic acids is 1. The standard InChI is InChI=1S/C10H12FN3O2/c11-7-2-5-14(6-3-7)10-12-4-1-8(13-10)9(15)16/h1,4,7H,2-3,5-6H2,(H,15,16). The van der Waals surface area contributed by atoms with E-state index in [1.54, 1.807) is 0 Å². The number of hydrogen-bond acceptors (Lipinski definition) is 4. The Bertz CT molecular complexity index is 391. The van der Waals surface area contributed by atoms with E-state index < -0.39 is 12.1 Å². The van der Waals surface area contributed by atoms with Crippen molar-refractivity contribution in [1.82, 2.24) is 9.97 Å². The van der Waals surface area contributed by atoms with E-state index in [0.717, 1.165) is 0 Å². The van der Waals surface area contributed by atoms with Gasteiger partial charge in [-0.25, -0.2) is 19.2 Å². The summed E-state index contributed by atoms with van der Waals surface area (Å²) in [4.78, 5) is 20.4. The highest BCUT2D eigenvalue weighted by atomic mass is 19.1. The zero-order valence-electron chi connectivity index (χ0n) is 8.64. The molecule has 5 nitrogen and oxygen atoms in total. The Morgan fingerprint density at radius 3 is 2.81 bits per heavy atom. The third-order valence-electron chi connectivity index (χ3n) is 2.57. The van der Waals surface area contributed by atoms with Gasteiger partial charge in [-0.1, -0.05) is 0 Å². The monoisotopic (exact) mass is 225 g/mol. The maximum Gasteiger partial charge on any atom is 0.354 e. The number of carbonyl (C=O) groups is 1. The average Bonchev–Trinajstić information content (AvgIpc) is 2.30. The van der Waals surface area contributed by atoms with Crippen molar-refractivity contribution in [1.29, 1.82) is 0 Å². The first-order valence-corrected chi connectivity index (χ1v) is 5.12. The molecule has 86 valence electrons. The molecule has 1 fully saturated rings. The molecule has 0 aliphatic carbocycles. The predicted octanol–water partition coefficient (Wildman–Crippen LogP) is 1.11. The molecule has 0 spiro atoms. The van der Waals surface area contributed by atoms with Crippen molar-refractivity contribution in [3.05, 3.63) is 18.0 Å². The van der Waals surface area contributed by atoms with Gasteiger partial charge in [-0.2, -0.15) is 0 Å². The molecule has 1 saturated heterocycles. The molecule has 1 aromatic rings. The van der Waals surface area contributed by atoms with Gasteiger partial charge in [0, 0.05) is 19.3 Å². The van der Waals surface area contributed by atoms with Crippen LogP contribution in [0.1, 0.15) is 23.3 Å². The van der Waals surface area contributed by atoms with Crippen molar-refractivity contribution in [3.63, 3.8) is 0 Å². The van der Waals surface area contributed by atoms with Crippen LogP contribution in [-0.4, -0.2) is 40.3 Å². The van der Waals surface area contributed by atoms with E-state index in [2.05, 4.69) is 9.97 Å². The van der Waals surface area contributed by atoms with Gasteiger partial charge < -0.3 is 10.0 Å². The second-order valence-electron chi connectivity index (χ2n) is 3.71. The Kier molecular flexibility index (Phi) is 2.98. The van der Waals surface area contributed by atoms with Crippen LogP contribution in [0.3, 0.4) is 0 Å². The maximum absolute atomic E-state index is 12.9. The lowest BCUT2D eigenvalue weighted by molar-refractivity contribution is 0.0690. The molecular formula is C10H12FN3O2. The summed E-state index contributed by atoms with van der Waals surface area (Å²) >= 11 is 0. The van der Waals surface area contributed by atoms with Gasteiger partial charge in [0.15, 0.2) is 5.69 Å². The second-order valence-corrected chi connectivity index (χ2v) is 3.71. The van der Waals surface area contributed by atoms with Crippen molar-refractivity contribution < 1.29 is 14.3 Å². The molecule has 2 heterocycles. The summed E-state index contributed by atoms with van der Waals surface area (Å²) in [7, 11) is 0. The van der Waals surface area contributed by atoms with Gasteiger partial charge in [0.1, 0.15) is 6.17 Å². The van der Waals surface area contributed by atoms with E-state index in [9.17, 15) is 9.18 Å². The number of hydrogen-bond donors (Lipinski definition) is 1. The number of alkyl halides is 1. The van der Waals surface area contributed by atoms with Crippen LogP contribution in [0.4, 0.5) is 10.3 Å². The Hall–Kier alpha value is -1.72. The van der Waals surface area contributed by atoms with Crippen LogP contribution in [0, 0.1) is 0 Å². The smallest absolute Gasteiger partial charge is 0.354 e. The summed E-state index contributed by atoms with van der Waals surface area (Å²) < 4.78 is 12.9. The normalized spacial score (nSPS) is 17.4. The lowest BCUT2D eigenvalue weighted by atomic mass is 10.1. The highest BCUT2D eigenvalue weighted by Crippen LogP contribution is 2.17. The first kappa shape index (κ1) is 10.8. The van der Waals surface area contributed by atoms with Crippen molar-refractivity contribution in [2.45, 2.75) is 19.0 Å². The van der Waals surface area contributed by atoms with E-state index in [-0.39, 0.29) is 5.69 Å². The molecular weight excluding hydrogens is 213 g/mol. The number of piperidine rings is 1. The Labute approximate surface area is 91.9 Å². The van der Waals surface area contributed by atoms with Gasteiger partial charge in [0.2, 0.25) is 5.95 Å². The molecule has 1 aliphatic rings. The molecule has 0 unspecified atom stereocenters. The maximum atomic E-state index is 12.9. The quantitative estimate of drug-likeness (QED) is 0.816. The Balaban J connectivity index is 2.14. The number of nitrogens with zero attached hydrogens (tertiary/aromatic N) is 3. The lowest BCUT2D eigenvalue weighted by Crippen LogP contribution is -2.35. The Morgan fingerprint density at radius 1 is 1.50 bits per heavy atom. The first-order chi connectivity index (χ1) is 7.66. The third-order valence-corrected chi connectivity index (χ3v) is 2.57. The fourth-order valence-electron chi connectivity index (χ4n) is 1.67. The molecule has 16 heavy (non-hydrogen) atoms. The van der Waals surface area contributed by atoms with Crippen molar-refractivity contribution in [2.24, 2.45) is 0 Å². The predicted molar refractivity (Wildman–Crippen MR) is 55.3 cm³/mol. The van der Waals surface area contributed by atoms with Crippen LogP contribution < -0.4 is 4.90 Å². The van der Waals surface area contributed by atoms with E-state index in [0.29, 0.717) is 31.9 Å². The first-order valence-electron chi connectivity index (χ1n) is 5.12. The summed E-state index contributed by atoms with van der Waals surface area (Å²) in [5.41, 5.74) is -0.0348. The highest BCUT2D eigenvalue weighted by Gasteiger charge is 2.20. The SMILES string of the molecule is O=C(O)c1ccnc(N2CCC(F)CC2)n1. The van der Waals surface area contributed by atoms with Crippen LogP contribution in [0.5, 0.6) is 0 Å². The fraction of sp³-hybridized carbons (Fsp3) is 0.500. The summed E-state index contributed by atoms with van der Waals surface area (Å²) in [6.07, 6.45) is 1.54. The topological polar surface area (TPSA) is 66.3 Å². The van der Waals surface area contributed by atoms with Crippen LogP contribution in [0.15, 0.2) is 12.3 Å². The second kappa shape index (κ2) is 4.42. The minimum atomic E-state index is -1.08. The molecule has 0 saturated carbocycles. The van der Waals surface area contributed by atoms with Gasteiger partial charge in [0.05, 0.1) is 0 Å². The number of aromatic nitrogens is 2. The molecule has 6 heteroatoms. The van der Waals surface area contributed by atoms with Gasteiger partial charge >= 0.3 is 5.97 Å². The molecule has 1 aromatic heterocycles. The van der Waals surface area contributed by atoms with Crippen molar-refractivity contribution in [3.8, 4) is 0 Å². The minimum absolute atomic E-state index is 0.0348. The molecule has 0 bridgehead atoms. The molecule has 2 rings (SSSR count). The van der Waals surface area contributed by atoms with Gasteiger partial charge in [-0.15, -0.1) is 0 Å². The molecule has 1 aliphatic heterocycles. The zero-order valence-corrected chi connectivity index (χ0v) is 8.64. The third kappa shape index (κ3) is 2.26. The van der Waals surface area contributed by atoms with Crippen molar-refractivity contribution in [2.75, 3.05) is 18.0 Å². The number of carboxylic acids is 1. The average molecular weight is 225 g/mol. The van der Waals surface area contributed by atoms with Crippen molar-refractivity contribution >= 4 is 11.9 Å². The zero-order chi connectivity index (χ0) is 11.5. The van der Waals surface area contributed by atoms with Crippen LogP contribution >= 0.6 is 0 Å². The Morgan fingerprint density at radius 2 is 2.19 bits per heavy atom. The summed E-state index contributed by atoms with van der Waals surface area (Å²) in [6, 6.07) is 1.34. The summed E-state index contributed by atoms with van der Waals surface area (Å²) in [5.74, 6) is -0.712. The highest BCUT2D eigenvalue weighted by molar-refractivity contribution is 5.85. The molecule has 1 N–H and O–H groups in total. The van der Waals surface area contributed by atoms with E-state index in [1.807, 2.05) is 4.90 Å². The van der Waals surface area contributed by atoms with E-state index in [4.69, 9.17) is 5.11 Å². The molecule has 0 amide bonds. The number of anilines is 1. The van der Waals surface area contributed by atoms with Crippen LogP contribution in [0.2, 0.25) is 0 Å². The number of rotatable bonds is 2. The number of halogens is 1. The molecule has 0 radical (unpaired) electrons. The molecule has 0 atom stereocenters. The van der Waals surface area contributed by atoms with Crippen LogP contribution in [0.25, 0.3) is 0 Å². The fourth-order valence-corrected chi connectivity index (χ4v) is 1.67. The molecule has 0 aromatic carbocycles.